The number of amides is 1. The summed E-state index contributed by atoms with van der Waals surface area (Å²) in [4.78, 5) is 15.8. The maximum Gasteiger partial charge on any atom is 0.225 e. The lowest BCUT2D eigenvalue weighted by Crippen LogP contribution is -2.23. The summed E-state index contributed by atoms with van der Waals surface area (Å²) < 4.78 is 5.77. The number of hydrogen-bond donors (Lipinski definition) is 2. The number of aromatic nitrogens is 1. The number of halogens is 2. The molecule has 0 saturated carbocycles. The third kappa shape index (κ3) is 6.35. The van der Waals surface area contributed by atoms with Gasteiger partial charge in [-0.05, 0) is 44.0 Å². The van der Waals surface area contributed by atoms with Gasteiger partial charge in [0, 0.05) is 18.5 Å². The highest BCUT2D eigenvalue weighted by Crippen LogP contribution is 2.26. The van der Waals surface area contributed by atoms with Gasteiger partial charge in [0.25, 0.3) is 0 Å². The monoisotopic (exact) mass is 371 g/mol. The fourth-order valence-corrected chi connectivity index (χ4v) is 1.97. The number of aryl methyl sites for hydroxylation is 1. The highest BCUT2D eigenvalue weighted by molar-refractivity contribution is 5.90. The van der Waals surface area contributed by atoms with Gasteiger partial charge >= 0.3 is 0 Å². The molecule has 1 atom stereocenters. The Hall–Kier alpha value is -1.82. The minimum atomic E-state index is -0.167. The Morgan fingerprint density at radius 2 is 1.96 bits per heavy atom. The summed E-state index contributed by atoms with van der Waals surface area (Å²) in [7, 11) is 0. The number of anilines is 1. The van der Waals surface area contributed by atoms with Crippen molar-refractivity contribution in [2.45, 2.75) is 33.2 Å². The molecule has 0 aliphatic carbocycles. The molecule has 3 N–H and O–H groups in total. The second kappa shape index (κ2) is 10.1. The third-order valence-electron chi connectivity index (χ3n) is 3.30. The van der Waals surface area contributed by atoms with E-state index in [1.165, 1.54) is 0 Å². The molecule has 2 aromatic rings. The van der Waals surface area contributed by atoms with Crippen LogP contribution in [0.15, 0.2) is 36.5 Å². The lowest BCUT2D eigenvalue weighted by molar-refractivity contribution is -0.116. The van der Waals surface area contributed by atoms with E-state index in [4.69, 9.17) is 10.5 Å². The second-order valence-corrected chi connectivity index (χ2v) is 5.41. The fourth-order valence-electron chi connectivity index (χ4n) is 1.97. The fraction of sp³-hybridized carbons (Fsp3) is 0.294. The van der Waals surface area contributed by atoms with Crippen molar-refractivity contribution in [2.24, 2.45) is 5.73 Å². The molecule has 0 spiro atoms. The topological polar surface area (TPSA) is 77.2 Å². The number of rotatable bonds is 5. The van der Waals surface area contributed by atoms with Gasteiger partial charge in [-0.3, -0.25) is 4.79 Å². The maximum absolute atomic E-state index is 11.6. The normalized spacial score (nSPS) is 10.8. The van der Waals surface area contributed by atoms with E-state index in [1.807, 2.05) is 32.0 Å². The van der Waals surface area contributed by atoms with Crippen LogP contribution in [0.1, 0.15) is 24.5 Å². The molecule has 7 heteroatoms. The van der Waals surface area contributed by atoms with Crippen LogP contribution in [0.3, 0.4) is 0 Å². The number of hydrogen-bond acceptors (Lipinski definition) is 4. The van der Waals surface area contributed by atoms with Gasteiger partial charge in [-0.1, -0.05) is 12.1 Å². The van der Waals surface area contributed by atoms with Crippen molar-refractivity contribution in [1.29, 1.82) is 0 Å². The first-order valence-corrected chi connectivity index (χ1v) is 7.21. The molecule has 5 nitrogen and oxygen atoms in total. The van der Waals surface area contributed by atoms with E-state index in [2.05, 4.69) is 10.3 Å². The first-order valence-electron chi connectivity index (χ1n) is 7.21. The Labute approximate surface area is 154 Å². The van der Waals surface area contributed by atoms with Crippen molar-refractivity contribution < 1.29 is 9.53 Å². The largest absolute Gasteiger partial charge is 0.439 e. The highest BCUT2D eigenvalue weighted by Gasteiger charge is 2.07. The molecular weight excluding hydrogens is 349 g/mol. The molecule has 2 rings (SSSR count). The molecule has 1 unspecified atom stereocenters. The summed E-state index contributed by atoms with van der Waals surface area (Å²) in [6.07, 6.45) is 1.85. The van der Waals surface area contributed by atoms with Crippen LogP contribution in [0, 0.1) is 13.8 Å². The highest BCUT2D eigenvalue weighted by atomic mass is 35.5. The second-order valence-electron chi connectivity index (χ2n) is 5.41. The maximum atomic E-state index is 11.6. The number of carbonyl (C=O) groups is 1. The van der Waals surface area contributed by atoms with Crippen molar-refractivity contribution in [2.75, 3.05) is 5.32 Å². The van der Waals surface area contributed by atoms with Gasteiger partial charge in [0.1, 0.15) is 5.75 Å². The summed E-state index contributed by atoms with van der Waals surface area (Å²) >= 11 is 0. The molecule has 0 radical (unpaired) electrons. The Kier molecular flexibility index (Phi) is 9.36. The van der Waals surface area contributed by atoms with E-state index in [1.54, 1.807) is 25.3 Å². The number of benzene rings is 1. The lowest BCUT2D eigenvalue weighted by atomic mass is 10.1. The Bertz CT molecular complexity index is 661. The molecule has 0 aliphatic rings. The van der Waals surface area contributed by atoms with E-state index < -0.39 is 0 Å². The zero-order valence-corrected chi connectivity index (χ0v) is 15.5. The van der Waals surface area contributed by atoms with Gasteiger partial charge in [0.05, 0.1) is 11.9 Å². The van der Waals surface area contributed by atoms with Gasteiger partial charge in [-0.15, -0.1) is 24.8 Å². The van der Waals surface area contributed by atoms with E-state index in [-0.39, 0.29) is 43.2 Å². The Morgan fingerprint density at radius 1 is 1.25 bits per heavy atom. The zero-order chi connectivity index (χ0) is 16.1. The van der Waals surface area contributed by atoms with Gasteiger partial charge in [0.2, 0.25) is 11.8 Å². The van der Waals surface area contributed by atoms with Gasteiger partial charge < -0.3 is 15.8 Å². The van der Waals surface area contributed by atoms with E-state index in [9.17, 15) is 4.79 Å². The summed E-state index contributed by atoms with van der Waals surface area (Å²) in [5.41, 5.74) is 8.46. The smallest absolute Gasteiger partial charge is 0.225 e. The SMILES string of the molecule is Cc1cccc(Oc2ccc(NC(=O)CC(C)N)cn2)c1C.Cl.Cl. The summed E-state index contributed by atoms with van der Waals surface area (Å²) in [6.45, 7) is 5.83. The number of nitrogens with zero attached hydrogens (tertiary/aromatic N) is 1. The number of carbonyl (C=O) groups excluding carboxylic acids is 1. The predicted molar refractivity (Wildman–Crippen MR) is 102 cm³/mol. The Morgan fingerprint density at radius 3 is 2.54 bits per heavy atom. The number of pyridine rings is 1. The minimum absolute atomic E-state index is 0. The molecule has 1 aromatic heterocycles. The van der Waals surface area contributed by atoms with E-state index in [0.717, 1.165) is 16.9 Å². The van der Waals surface area contributed by atoms with Crippen LogP contribution < -0.4 is 15.8 Å². The van der Waals surface area contributed by atoms with Gasteiger partial charge in [-0.2, -0.15) is 0 Å². The molecule has 0 saturated heterocycles. The molecule has 132 valence electrons. The standard InChI is InChI=1S/C17H21N3O2.2ClH/c1-11-5-4-6-15(13(11)3)22-17-8-7-14(10-19-17)20-16(21)9-12(2)18;;/h4-8,10,12H,9,18H2,1-3H3,(H,20,21);2*1H. The van der Waals surface area contributed by atoms with Crippen molar-refractivity contribution in [3.63, 3.8) is 0 Å². The first kappa shape index (κ1) is 22.2. The van der Waals surface area contributed by atoms with Crippen molar-refractivity contribution in [3.8, 4) is 11.6 Å². The van der Waals surface area contributed by atoms with E-state index >= 15 is 0 Å². The first-order chi connectivity index (χ1) is 10.5. The van der Waals surface area contributed by atoms with Crippen molar-refractivity contribution in [3.05, 3.63) is 47.7 Å². The van der Waals surface area contributed by atoms with Crippen LogP contribution in [-0.4, -0.2) is 16.9 Å². The minimum Gasteiger partial charge on any atom is -0.439 e. The predicted octanol–water partition coefficient (Wildman–Crippen LogP) is 4.01. The molecule has 0 bridgehead atoms. The Balaban J connectivity index is 0.00000264. The lowest BCUT2D eigenvalue weighted by Gasteiger charge is -2.10. The van der Waals surface area contributed by atoms with Crippen LogP contribution in [0.4, 0.5) is 5.69 Å². The molecule has 0 fully saturated rings. The number of ether oxygens (including phenoxy) is 1. The molecule has 0 aliphatic heterocycles. The summed E-state index contributed by atoms with van der Waals surface area (Å²) in [6, 6.07) is 9.20. The quantitative estimate of drug-likeness (QED) is 0.831. The molecule has 1 amide bonds. The third-order valence-corrected chi connectivity index (χ3v) is 3.30. The van der Waals surface area contributed by atoms with Crippen LogP contribution in [0.5, 0.6) is 11.6 Å². The average Bonchev–Trinajstić information content (AvgIpc) is 2.45. The van der Waals surface area contributed by atoms with Crippen LogP contribution in [0.25, 0.3) is 0 Å². The van der Waals surface area contributed by atoms with E-state index in [0.29, 0.717) is 11.6 Å². The molecule has 1 aromatic carbocycles. The molecular formula is C17H23Cl2N3O2. The molecule has 24 heavy (non-hydrogen) atoms. The zero-order valence-electron chi connectivity index (χ0n) is 13.9. The average molecular weight is 372 g/mol. The van der Waals surface area contributed by atoms with Gasteiger partial charge in [0.15, 0.2) is 0 Å². The summed E-state index contributed by atoms with van der Waals surface area (Å²) in [5.74, 6) is 1.14. The van der Waals surface area contributed by atoms with Crippen LogP contribution in [0.2, 0.25) is 0 Å². The number of nitrogens with two attached hydrogens (primary N) is 1. The van der Waals surface area contributed by atoms with Gasteiger partial charge in [-0.25, -0.2) is 4.98 Å². The summed E-state index contributed by atoms with van der Waals surface area (Å²) in [5, 5.41) is 2.75. The van der Waals surface area contributed by atoms with Crippen LogP contribution >= 0.6 is 24.8 Å². The van der Waals surface area contributed by atoms with Crippen molar-refractivity contribution in [1.82, 2.24) is 4.98 Å². The molecule has 1 heterocycles. The van der Waals surface area contributed by atoms with Crippen LogP contribution in [-0.2, 0) is 4.79 Å². The number of nitrogens with one attached hydrogen (secondary N) is 1. The van der Waals surface area contributed by atoms with Crippen molar-refractivity contribution >= 4 is 36.4 Å².